The van der Waals surface area contributed by atoms with Crippen molar-refractivity contribution in [3.63, 3.8) is 0 Å². The lowest BCUT2D eigenvalue weighted by Gasteiger charge is -2.15. The minimum Gasteiger partial charge on any atom is -0.497 e. The normalized spacial score (nSPS) is 12.2. The van der Waals surface area contributed by atoms with Crippen molar-refractivity contribution in [2.45, 2.75) is 19.4 Å². The topological polar surface area (TPSA) is 35.2 Å². The lowest BCUT2D eigenvalue weighted by atomic mass is 9.97. The first-order valence-electron chi connectivity index (χ1n) is 6.33. The van der Waals surface area contributed by atoms with Gasteiger partial charge < -0.3 is 10.5 Å². The molecule has 0 radical (unpaired) electrons. The maximum atomic E-state index is 14.0. The number of hydrogen-bond donors (Lipinski definition) is 1. The lowest BCUT2D eigenvalue weighted by molar-refractivity contribution is 0.410. The molecule has 0 aliphatic heterocycles. The number of aryl methyl sites for hydroxylation is 1. The molecule has 1 unspecified atom stereocenters. The van der Waals surface area contributed by atoms with Crippen LogP contribution in [0.1, 0.15) is 29.7 Å². The molecule has 0 aliphatic carbocycles. The van der Waals surface area contributed by atoms with Crippen molar-refractivity contribution >= 4 is 0 Å². The van der Waals surface area contributed by atoms with Gasteiger partial charge in [-0.3, -0.25) is 0 Å². The summed E-state index contributed by atoms with van der Waals surface area (Å²) in [6.45, 7) is 2.08. The fourth-order valence-electron chi connectivity index (χ4n) is 2.07. The number of methoxy groups -OCH3 is 1. The zero-order valence-electron chi connectivity index (χ0n) is 11.2. The fraction of sp³-hybridized carbons (Fsp3) is 0.250. The molecule has 0 aromatic heterocycles. The molecule has 0 heterocycles. The molecule has 2 N–H and O–H groups in total. The van der Waals surface area contributed by atoms with Gasteiger partial charge in [-0.1, -0.05) is 37.3 Å². The van der Waals surface area contributed by atoms with Crippen molar-refractivity contribution in [2.75, 3.05) is 7.11 Å². The molecule has 2 aromatic carbocycles. The number of nitrogens with two attached hydrogens (primary N) is 1. The van der Waals surface area contributed by atoms with Crippen LogP contribution in [0.4, 0.5) is 4.39 Å². The van der Waals surface area contributed by atoms with Gasteiger partial charge >= 0.3 is 0 Å². The molecule has 0 fully saturated rings. The van der Waals surface area contributed by atoms with Crippen LogP contribution >= 0.6 is 0 Å². The molecule has 0 spiro atoms. The highest BCUT2D eigenvalue weighted by Gasteiger charge is 2.14. The Morgan fingerprint density at radius 1 is 1.21 bits per heavy atom. The van der Waals surface area contributed by atoms with Gasteiger partial charge in [0.15, 0.2) is 0 Å². The van der Waals surface area contributed by atoms with Crippen molar-refractivity contribution in [1.82, 2.24) is 0 Å². The number of benzene rings is 2. The van der Waals surface area contributed by atoms with E-state index in [4.69, 9.17) is 10.5 Å². The van der Waals surface area contributed by atoms with Crippen molar-refractivity contribution in [3.05, 3.63) is 65.0 Å². The zero-order chi connectivity index (χ0) is 13.8. The number of halogens is 1. The SMILES string of the molecule is CCc1cccc(C(N)c2ccc(OC)cc2F)c1. The molecule has 0 saturated carbocycles. The molecule has 2 nitrogen and oxygen atoms in total. The molecule has 1 atom stereocenters. The first-order valence-corrected chi connectivity index (χ1v) is 6.33. The van der Waals surface area contributed by atoms with Gasteiger partial charge in [0.2, 0.25) is 0 Å². The van der Waals surface area contributed by atoms with Crippen molar-refractivity contribution in [2.24, 2.45) is 5.73 Å². The summed E-state index contributed by atoms with van der Waals surface area (Å²) in [6.07, 6.45) is 0.936. The van der Waals surface area contributed by atoms with E-state index in [1.54, 1.807) is 12.1 Å². The largest absolute Gasteiger partial charge is 0.497 e. The summed E-state index contributed by atoms with van der Waals surface area (Å²) in [5.74, 6) is 0.157. The monoisotopic (exact) mass is 259 g/mol. The third-order valence-corrected chi connectivity index (χ3v) is 3.26. The second kappa shape index (κ2) is 5.85. The van der Waals surface area contributed by atoms with E-state index >= 15 is 0 Å². The Bertz CT molecular complexity index is 568. The predicted octanol–water partition coefficient (Wildman–Crippen LogP) is 3.44. The smallest absolute Gasteiger partial charge is 0.132 e. The van der Waals surface area contributed by atoms with Gasteiger partial charge in [-0.05, 0) is 23.6 Å². The minimum atomic E-state index is -0.461. The summed E-state index contributed by atoms with van der Waals surface area (Å²) in [5, 5.41) is 0. The minimum absolute atomic E-state index is 0.339. The zero-order valence-corrected chi connectivity index (χ0v) is 11.2. The quantitative estimate of drug-likeness (QED) is 0.912. The molecule has 3 heteroatoms. The van der Waals surface area contributed by atoms with Crippen molar-refractivity contribution in [3.8, 4) is 5.75 Å². The number of hydrogen-bond acceptors (Lipinski definition) is 2. The standard InChI is InChI=1S/C16H18FNO/c1-3-11-5-4-6-12(9-11)16(18)14-8-7-13(19-2)10-15(14)17/h4-10,16H,3,18H2,1-2H3. The van der Waals surface area contributed by atoms with E-state index in [-0.39, 0.29) is 5.82 Å². The molecular weight excluding hydrogens is 241 g/mol. The molecule has 0 aliphatic rings. The predicted molar refractivity (Wildman–Crippen MR) is 74.8 cm³/mol. The number of ether oxygens (including phenoxy) is 1. The van der Waals surface area contributed by atoms with Gasteiger partial charge in [-0.25, -0.2) is 4.39 Å². The Kier molecular flexibility index (Phi) is 4.17. The van der Waals surface area contributed by atoms with Crippen LogP contribution in [0.2, 0.25) is 0 Å². The highest BCUT2D eigenvalue weighted by Crippen LogP contribution is 2.25. The molecule has 0 saturated heterocycles. The van der Waals surface area contributed by atoms with Gasteiger partial charge in [0, 0.05) is 11.6 Å². The van der Waals surface area contributed by atoms with E-state index in [0.29, 0.717) is 11.3 Å². The Morgan fingerprint density at radius 2 is 2.00 bits per heavy atom. The van der Waals surface area contributed by atoms with Crippen LogP contribution in [0.15, 0.2) is 42.5 Å². The summed E-state index contributed by atoms with van der Waals surface area (Å²) in [6, 6.07) is 12.2. The van der Waals surface area contributed by atoms with Gasteiger partial charge in [-0.15, -0.1) is 0 Å². The van der Waals surface area contributed by atoms with Crippen molar-refractivity contribution in [1.29, 1.82) is 0 Å². The highest BCUT2D eigenvalue weighted by molar-refractivity contribution is 5.37. The van der Waals surface area contributed by atoms with E-state index in [1.165, 1.54) is 18.7 Å². The summed E-state index contributed by atoms with van der Waals surface area (Å²) >= 11 is 0. The first-order chi connectivity index (χ1) is 9.15. The van der Waals surface area contributed by atoms with Crippen LogP contribution in [0.3, 0.4) is 0 Å². The van der Waals surface area contributed by atoms with Crippen LogP contribution in [0, 0.1) is 5.82 Å². The summed E-state index contributed by atoms with van der Waals surface area (Å²) < 4.78 is 19.0. The molecule has 2 rings (SSSR count). The van der Waals surface area contributed by atoms with E-state index < -0.39 is 6.04 Å². The van der Waals surface area contributed by atoms with E-state index in [2.05, 4.69) is 6.92 Å². The lowest BCUT2D eigenvalue weighted by Crippen LogP contribution is -2.14. The Hall–Kier alpha value is -1.87. The molecule has 0 bridgehead atoms. The van der Waals surface area contributed by atoms with Crippen LogP contribution in [-0.2, 0) is 6.42 Å². The van der Waals surface area contributed by atoms with E-state index in [9.17, 15) is 4.39 Å². The summed E-state index contributed by atoms with van der Waals surface area (Å²) in [4.78, 5) is 0. The molecule has 100 valence electrons. The number of rotatable bonds is 4. The molecule has 2 aromatic rings. The first kappa shape index (κ1) is 13.6. The van der Waals surface area contributed by atoms with Crippen LogP contribution < -0.4 is 10.5 Å². The second-order valence-corrected chi connectivity index (χ2v) is 4.46. The maximum absolute atomic E-state index is 14.0. The van der Waals surface area contributed by atoms with E-state index in [1.807, 2.05) is 24.3 Å². The van der Waals surface area contributed by atoms with Gasteiger partial charge in [-0.2, -0.15) is 0 Å². The summed E-state index contributed by atoms with van der Waals surface area (Å²) in [5.41, 5.74) is 8.75. The van der Waals surface area contributed by atoms with Crippen LogP contribution in [0.5, 0.6) is 5.75 Å². The Balaban J connectivity index is 2.35. The van der Waals surface area contributed by atoms with Crippen molar-refractivity contribution < 1.29 is 9.13 Å². The molecular formula is C16H18FNO. The second-order valence-electron chi connectivity index (χ2n) is 4.46. The third kappa shape index (κ3) is 2.93. The Morgan fingerprint density at radius 3 is 2.63 bits per heavy atom. The average molecular weight is 259 g/mol. The fourth-order valence-corrected chi connectivity index (χ4v) is 2.07. The van der Waals surface area contributed by atoms with Crippen LogP contribution in [-0.4, -0.2) is 7.11 Å². The molecule has 0 amide bonds. The average Bonchev–Trinajstić information content (AvgIpc) is 2.46. The van der Waals surface area contributed by atoms with Crippen LogP contribution in [0.25, 0.3) is 0 Å². The molecule has 19 heavy (non-hydrogen) atoms. The summed E-state index contributed by atoms with van der Waals surface area (Å²) in [7, 11) is 1.51. The third-order valence-electron chi connectivity index (χ3n) is 3.26. The van der Waals surface area contributed by atoms with Gasteiger partial charge in [0.1, 0.15) is 11.6 Å². The van der Waals surface area contributed by atoms with E-state index in [0.717, 1.165) is 12.0 Å². The maximum Gasteiger partial charge on any atom is 0.132 e. The Labute approximate surface area is 113 Å². The highest BCUT2D eigenvalue weighted by atomic mass is 19.1. The van der Waals surface area contributed by atoms with Gasteiger partial charge in [0.25, 0.3) is 0 Å². The van der Waals surface area contributed by atoms with Gasteiger partial charge in [0.05, 0.1) is 13.2 Å².